The van der Waals surface area contributed by atoms with Crippen molar-refractivity contribution in [2.75, 3.05) is 41.7 Å². The van der Waals surface area contributed by atoms with Crippen molar-refractivity contribution < 1.29 is 0 Å². The molecule has 0 aliphatic carbocycles. The number of rotatable bonds is 5. The van der Waals surface area contributed by atoms with Gasteiger partial charge in [0.2, 0.25) is 17.8 Å². The van der Waals surface area contributed by atoms with Crippen LogP contribution in [0.15, 0.2) is 0 Å². The first kappa shape index (κ1) is 14.8. The van der Waals surface area contributed by atoms with Crippen molar-refractivity contribution in [2.24, 2.45) is 5.92 Å². The summed E-state index contributed by atoms with van der Waals surface area (Å²) in [6.07, 6.45) is 3.71. The highest BCUT2D eigenvalue weighted by atomic mass is 15.3. The summed E-state index contributed by atoms with van der Waals surface area (Å²) in [5.74, 6) is 2.47. The number of hydrogen-bond acceptors (Lipinski definition) is 6. The number of aromatic nitrogens is 3. The molecule has 2 heterocycles. The molecule has 1 atom stereocenters. The van der Waals surface area contributed by atoms with Crippen LogP contribution in [0.4, 0.5) is 17.8 Å². The molecule has 1 saturated heterocycles. The van der Waals surface area contributed by atoms with Crippen LogP contribution in [-0.2, 0) is 0 Å². The van der Waals surface area contributed by atoms with E-state index in [2.05, 4.69) is 45.5 Å². The van der Waals surface area contributed by atoms with Gasteiger partial charge in [0.25, 0.3) is 0 Å². The Bertz CT molecular complexity index is 432. The van der Waals surface area contributed by atoms with E-state index in [1.54, 1.807) is 0 Å². The highest BCUT2D eigenvalue weighted by Gasteiger charge is 2.22. The lowest BCUT2D eigenvalue weighted by Gasteiger charge is -2.32. The molecular formula is C14H26N6. The Hall–Kier alpha value is -1.59. The monoisotopic (exact) mass is 278 g/mol. The minimum Gasteiger partial charge on any atom is -0.368 e. The molecule has 1 fully saturated rings. The molecule has 6 heteroatoms. The van der Waals surface area contributed by atoms with Crippen LogP contribution in [-0.4, -0.2) is 41.1 Å². The Morgan fingerprint density at radius 1 is 1.20 bits per heavy atom. The van der Waals surface area contributed by atoms with Gasteiger partial charge in [-0.1, -0.05) is 13.3 Å². The SMILES string of the molecule is CCC1CCCN(c2nc(N)nc(N(CC)CC)n2)C1. The number of hydrogen-bond donors (Lipinski definition) is 1. The maximum absolute atomic E-state index is 5.86. The quantitative estimate of drug-likeness (QED) is 0.887. The van der Waals surface area contributed by atoms with Gasteiger partial charge in [-0.3, -0.25) is 0 Å². The topological polar surface area (TPSA) is 71.2 Å². The maximum atomic E-state index is 5.86. The standard InChI is InChI=1S/C14H26N6/c1-4-11-8-7-9-20(10-11)14-17-12(15)16-13(18-14)19(5-2)6-3/h11H,4-10H2,1-3H3,(H2,15,16,17,18). The molecule has 1 aliphatic heterocycles. The third kappa shape index (κ3) is 3.29. The van der Waals surface area contributed by atoms with Crippen LogP contribution in [0.2, 0.25) is 0 Å². The van der Waals surface area contributed by atoms with Crippen LogP contribution in [0.3, 0.4) is 0 Å². The van der Waals surface area contributed by atoms with Gasteiger partial charge in [-0.15, -0.1) is 0 Å². The van der Waals surface area contributed by atoms with Crippen molar-refractivity contribution in [3.05, 3.63) is 0 Å². The molecule has 1 aliphatic rings. The summed E-state index contributed by atoms with van der Waals surface area (Å²) in [4.78, 5) is 17.6. The molecule has 1 unspecified atom stereocenters. The molecule has 2 N–H and O–H groups in total. The molecule has 2 rings (SSSR count). The van der Waals surface area contributed by atoms with Gasteiger partial charge in [-0.2, -0.15) is 15.0 Å². The Kier molecular flexibility index (Phi) is 4.98. The molecule has 20 heavy (non-hydrogen) atoms. The highest BCUT2D eigenvalue weighted by molar-refractivity contribution is 5.43. The van der Waals surface area contributed by atoms with Gasteiger partial charge in [0.1, 0.15) is 0 Å². The fourth-order valence-corrected chi connectivity index (χ4v) is 2.74. The van der Waals surface area contributed by atoms with Gasteiger partial charge in [0, 0.05) is 26.2 Å². The van der Waals surface area contributed by atoms with Gasteiger partial charge >= 0.3 is 0 Å². The first-order valence-corrected chi connectivity index (χ1v) is 7.69. The van der Waals surface area contributed by atoms with Crippen molar-refractivity contribution >= 4 is 17.8 Å². The first-order chi connectivity index (χ1) is 9.67. The van der Waals surface area contributed by atoms with Gasteiger partial charge in [-0.25, -0.2) is 0 Å². The van der Waals surface area contributed by atoms with Crippen LogP contribution in [0.1, 0.15) is 40.0 Å². The van der Waals surface area contributed by atoms with Gasteiger partial charge < -0.3 is 15.5 Å². The number of piperidine rings is 1. The third-order valence-corrected chi connectivity index (χ3v) is 4.05. The van der Waals surface area contributed by atoms with E-state index in [0.29, 0.717) is 11.9 Å². The predicted octanol–water partition coefficient (Wildman–Crippen LogP) is 1.93. The van der Waals surface area contributed by atoms with E-state index in [0.717, 1.165) is 38.0 Å². The zero-order valence-corrected chi connectivity index (χ0v) is 12.8. The van der Waals surface area contributed by atoms with Gasteiger partial charge in [-0.05, 0) is 32.6 Å². The van der Waals surface area contributed by atoms with Crippen LogP contribution in [0.5, 0.6) is 0 Å². The molecular weight excluding hydrogens is 252 g/mol. The van der Waals surface area contributed by atoms with E-state index in [4.69, 9.17) is 5.73 Å². The summed E-state index contributed by atoms with van der Waals surface area (Å²) >= 11 is 0. The normalized spacial score (nSPS) is 19.1. The Balaban J connectivity index is 2.22. The molecule has 6 nitrogen and oxygen atoms in total. The van der Waals surface area contributed by atoms with E-state index >= 15 is 0 Å². The van der Waals surface area contributed by atoms with E-state index in [9.17, 15) is 0 Å². The average molecular weight is 278 g/mol. The molecule has 0 bridgehead atoms. The molecule has 0 radical (unpaired) electrons. The fourth-order valence-electron chi connectivity index (χ4n) is 2.74. The largest absolute Gasteiger partial charge is 0.368 e. The number of nitrogen functional groups attached to an aromatic ring is 1. The van der Waals surface area contributed by atoms with Crippen LogP contribution in [0, 0.1) is 5.92 Å². The lowest BCUT2D eigenvalue weighted by molar-refractivity contribution is 0.401. The van der Waals surface area contributed by atoms with E-state index in [1.807, 2.05) is 0 Å². The van der Waals surface area contributed by atoms with E-state index in [-0.39, 0.29) is 0 Å². The van der Waals surface area contributed by atoms with Crippen molar-refractivity contribution in [3.8, 4) is 0 Å². The average Bonchev–Trinajstić information content (AvgIpc) is 2.48. The minimum atomic E-state index is 0.315. The minimum absolute atomic E-state index is 0.315. The summed E-state index contributed by atoms with van der Waals surface area (Å²) in [6, 6.07) is 0. The smallest absolute Gasteiger partial charge is 0.231 e. The van der Waals surface area contributed by atoms with Crippen molar-refractivity contribution in [2.45, 2.75) is 40.0 Å². The second-order valence-corrected chi connectivity index (χ2v) is 5.33. The van der Waals surface area contributed by atoms with E-state index in [1.165, 1.54) is 19.3 Å². The molecule has 0 saturated carbocycles. The molecule has 112 valence electrons. The lowest BCUT2D eigenvalue weighted by Crippen LogP contribution is -2.37. The highest BCUT2D eigenvalue weighted by Crippen LogP contribution is 2.23. The summed E-state index contributed by atoms with van der Waals surface area (Å²) in [5, 5.41) is 0. The summed E-state index contributed by atoms with van der Waals surface area (Å²) in [5.41, 5.74) is 5.86. The maximum Gasteiger partial charge on any atom is 0.231 e. The molecule has 0 amide bonds. The van der Waals surface area contributed by atoms with Crippen LogP contribution in [0.25, 0.3) is 0 Å². The predicted molar refractivity (Wildman–Crippen MR) is 83.0 cm³/mol. The fraction of sp³-hybridized carbons (Fsp3) is 0.786. The van der Waals surface area contributed by atoms with E-state index < -0.39 is 0 Å². The Morgan fingerprint density at radius 3 is 2.60 bits per heavy atom. The first-order valence-electron chi connectivity index (χ1n) is 7.69. The van der Waals surface area contributed by atoms with Gasteiger partial charge in [0.15, 0.2) is 0 Å². The molecule has 0 aromatic carbocycles. The van der Waals surface area contributed by atoms with Crippen molar-refractivity contribution in [1.29, 1.82) is 0 Å². The Morgan fingerprint density at radius 2 is 1.95 bits per heavy atom. The van der Waals surface area contributed by atoms with Crippen LogP contribution >= 0.6 is 0 Å². The summed E-state index contributed by atoms with van der Waals surface area (Å²) in [7, 11) is 0. The Labute approximate surface area is 121 Å². The second-order valence-electron chi connectivity index (χ2n) is 5.33. The zero-order chi connectivity index (χ0) is 14.5. The number of anilines is 3. The van der Waals surface area contributed by atoms with Crippen molar-refractivity contribution in [3.63, 3.8) is 0 Å². The second kappa shape index (κ2) is 6.72. The van der Waals surface area contributed by atoms with Crippen LogP contribution < -0.4 is 15.5 Å². The summed E-state index contributed by atoms with van der Waals surface area (Å²) in [6.45, 7) is 10.2. The molecule has 0 spiro atoms. The van der Waals surface area contributed by atoms with Gasteiger partial charge in [0.05, 0.1) is 0 Å². The number of nitrogens with zero attached hydrogens (tertiary/aromatic N) is 5. The lowest BCUT2D eigenvalue weighted by atomic mass is 9.96. The molecule has 1 aromatic rings. The third-order valence-electron chi connectivity index (χ3n) is 4.05. The number of nitrogens with two attached hydrogens (primary N) is 1. The molecule has 1 aromatic heterocycles. The summed E-state index contributed by atoms with van der Waals surface area (Å²) < 4.78 is 0. The zero-order valence-electron chi connectivity index (χ0n) is 12.8. The van der Waals surface area contributed by atoms with Crippen molar-refractivity contribution in [1.82, 2.24) is 15.0 Å².